The molecule has 14 heavy (non-hydrogen) atoms. The molecule has 0 unspecified atom stereocenters. The van der Waals surface area contributed by atoms with Crippen molar-refractivity contribution in [2.24, 2.45) is 0 Å². The summed E-state index contributed by atoms with van der Waals surface area (Å²) in [4.78, 5) is 3.28. The van der Waals surface area contributed by atoms with Crippen LogP contribution in [0.3, 0.4) is 0 Å². The van der Waals surface area contributed by atoms with Crippen LogP contribution in [0, 0.1) is 0 Å². The van der Waals surface area contributed by atoms with E-state index in [1.807, 2.05) is 12.3 Å². The van der Waals surface area contributed by atoms with E-state index in [4.69, 9.17) is 0 Å². The van der Waals surface area contributed by atoms with Gasteiger partial charge in [0.05, 0.1) is 6.54 Å². The van der Waals surface area contributed by atoms with Crippen LogP contribution in [-0.4, -0.2) is 10.1 Å². The summed E-state index contributed by atoms with van der Waals surface area (Å²) >= 11 is 0. The standard InChI is InChI=1S/C11H10N2O/c14-7-1-2-8-9-3-4-12-6-11(9)13-10(8)5-7/h1-5,12-14H,6H2. The Bertz CT molecular complexity index is 525. The molecule has 3 nitrogen and oxygen atoms in total. The van der Waals surface area contributed by atoms with Crippen LogP contribution in [0.1, 0.15) is 11.3 Å². The molecular weight excluding hydrogens is 176 g/mol. The van der Waals surface area contributed by atoms with Gasteiger partial charge in [0.2, 0.25) is 0 Å². The molecule has 2 aromatic rings. The number of phenolic OH excluding ortho intramolecular Hbond substituents is 1. The normalized spacial score (nSPS) is 14.0. The zero-order chi connectivity index (χ0) is 9.54. The fraction of sp³-hybridized carbons (Fsp3) is 0.0909. The van der Waals surface area contributed by atoms with E-state index in [9.17, 15) is 5.11 Å². The maximum absolute atomic E-state index is 9.34. The molecule has 1 aliphatic heterocycles. The third-order valence-electron chi connectivity index (χ3n) is 2.55. The molecule has 1 aliphatic rings. The summed E-state index contributed by atoms with van der Waals surface area (Å²) in [5, 5.41) is 13.6. The van der Waals surface area contributed by atoms with Crippen LogP contribution in [-0.2, 0) is 6.54 Å². The number of H-pyrrole nitrogens is 1. The first kappa shape index (κ1) is 7.50. The molecule has 0 aliphatic carbocycles. The Kier molecular flexibility index (Phi) is 1.36. The lowest BCUT2D eigenvalue weighted by molar-refractivity contribution is 0.476. The number of benzene rings is 1. The Balaban J connectivity index is 2.38. The fourth-order valence-electron chi connectivity index (χ4n) is 1.90. The van der Waals surface area contributed by atoms with E-state index in [0.29, 0.717) is 5.75 Å². The monoisotopic (exact) mass is 186 g/mol. The van der Waals surface area contributed by atoms with Gasteiger partial charge in [-0.3, -0.25) is 0 Å². The number of rotatable bonds is 0. The van der Waals surface area contributed by atoms with Crippen LogP contribution in [0.25, 0.3) is 17.0 Å². The predicted molar refractivity (Wildman–Crippen MR) is 55.8 cm³/mol. The van der Waals surface area contributed by atoms with E-state index in [2.05, 4.69) is 16.4 Å². The van der Waals surface area contributed by atoms with Gasteiger partial charge in [0.1, 0.15) is 5.75 Å². The van der Waals surface area contributed by atoms with Gasteiger partial charge in [0.15, 0.2) is 0 Å². The van der Waals surface area contributed by atoms with Crippen LogP contribution < -0.4 is 5.32 Å². The Morgan fingerprint density at radius 2 is 2.21 bits per heavy atom. The van der Waals surface area contributed by atoms with Crippen molar-refractivity contribution in [1.82, 2.24) is 10.3 Å². The van der Waals surface area contributed by atoms with E-state index in [1.165, 1.54) is 11.3 Å². The molecule has 3 rings (SSSR count). The molecule has 0 fully saturated rings. The third-order valence-corrected chi connectivity index (χ3v) is 2.55. The van der Waals surface area contributed by atoms with Crippen molar-refractivity contribution in [3.63, 3.8) is 0 Å². The molecule has 0 radical (unpaired) electrons. The molecule has 1 aromatic carbocycles. The highest BCUT2D eigenvalue weighted by atomic mass is 16.3. The summed E-state index contributed by atoms with van der Waals surface area (Å²) in [6.07, 6.45) is 4.00. The number of hydrogen-bond acceptors (Lipinski definition) is 2. The van der Waals surface area contributed by atoms with Crippen LogP contribution >= 0.6 is 0 Å². The lowest BCUT2D eigenvalue weighted by atomic mass is 10.1. The number of fused-ring (bicyclic) bond motifs is 3. The van der Waals surface area contributed by atoms with Gasteiger partial charge in [0, 0.05) is 28.2 Å². The minimum absolute atomic E-state index is 0.299. The maximum atomic E-state index is 9.34. The Labute approximate surface area is 81.1 Å². The first-order chi connectivity index (χ1) is 6.84. The summed E-state index contributed by atoms with van der Waals surface area (Å²) in [7, 11) is 0. The van der Waals surface area contributed by atoms with Gasteiger partial charge in [-0.15, -0.1) is 0 Å². The summed E-state index contributed by atoms with van der Waals surface area (Å²) < 4.78 is 0. The summed E-state index contributed by atoms with van der Waals surface area (Å²) in [5.74, 6) is 0.299. The van der Waals surface area contributed by atoms with E-state index in [1.54, 1.807) is 12.1 Å². The van der Waals surface area contributed by atoms with E-state index in [-0.39, 0.29) is 0 Å². The molecule has 0 amide bonds. The van der Waals surface area contributed by atoms with Crippen LogP contribution in [0.4, 0.5) is 0 Å². The van der Waals surface area contributed by atoms with Crippen LogP contribution in [0.5, 0.6) is 5.75 Å². The average molecular weight is 186 g/mol. The minimum Gasteiger partial charge on any atom is -0.508 e. The fourth-order valence-corrected chi connectivity index (χ4v) is 1.90. The minimum atomic E-state index is 0.299. The van der Waals surface area contributed by atoms with Crippen molar-refractivity contribution in [3.05, 3.63) is 35.7 Å². The van der Waals surface area contributed by atoms with Gasteiger partial charge < -0.3 is 15.4 Å². The van der Waals surface area contributed by atoms with Gasteiger partial charge in [0.25, 0.3) is 0 Å². The molecule has 3 N–H and O–H groups in total. The highest BCUT2D eigenvalue weighted by Crippen LogP contribution is 2.27. The van der Waals surface area contributed by atoms with Crippen molar-refractivity contribution in [2.45, 2.75) is 6.54 Å². The number of hydrogen-bond donors (Lipinski definition) is 3. The largest absolute Gasteiger partial charge is 0.508 e. The Morgan fingerprint density at radius 3 is 3.14 bits per heavy atom. The molecule has 0 saturated heterocycles. The number of phenols is 1. The number of aromatic amines is 1. The second-order valence-corrected chi connectivity index (χ2v) is 3.46. The molecule has 2 heterocycles. The predicted octanol–water partition coefficient (Wildman–Crippen LogP) is 1.95. The highest BCUT2D eigenvalue weighted by Gasteiger charge is 2.10. The topological polar surface area (TPSA) is 48.0 Å². The highest BCUT2D eigenvalue weighted by molar-refractivity contribution is 5.91. The van der Waals surface area contributed by atoms with Gasteiger partial charge in [-0.05, 0) is 24.4 Å². The lowest BCUT2D eigenvalue weighted by Crippen LogP contribution is -2.09. The van der Waals surface area contributed by atoms with Gasteiger partial charge in [-0.1, -0.05) is 0 Å². The molecule has 0 saturated carbocycles. The van der Waals surface area contributed by atoms with Crippen molar-refractivity contribution in [2.75, 3.05) is 0 Å². The van der Waals surface area contributed by atoms with Crippen molar-refractivity contribution < 1.29 is 5.11 Å². The SMILES string of the molecule is Oc1ccc2c3c([nH]c2c1)CNC=C3. The van der Waals surface area contributed by atoms with Crippen molar-refractivity contribution in [3.8, 4) is 5.75 Å². The third kappa shape index (κ3) is 0.923. The second-order valence-electron chi connectivity index (χ2n) is 3.46. The molecule has 1 aromatic heterocycles. The smallest absolute Gasteiger partial charge is 0.117 e. The lowest BCUT2D eigenvalue weighted by Gasteiger charge is -2.06. The van der Waals surface area contributed by atoms with Gasteiger partial charge >= 0.3 is 0 Å². The van der Waals surface area contributed by atoms with E-state index in [0.717, 1.165) is 17.4 Å². The zero-order valence-electron chi connectivity index (χ0n) is 7.54. The molecule has 0 spiro atoms. The molecule has 0 atom stereocenters. The quantitative estimate of drug-likeness (QED) is 0.589. The number of nitrogens with one attached hydrogen (secondary N) is 2. The number of aromatic nitrogens is 1. The van der Waals surface area contributed by atoms with Crippen molar-refractivity contribution in [1.29, 1.82) is 0 Å². The summed E-state index contributed by atoms with van der Waals surface area (Å²) in [6, 6.07) is 5.41. The summed E-state index contributed by atoms with van der Waals surface area (Å²) in [5.41, 5.74) is 3.38. The molecule has 0 bridgehead atoms. The van der Waals surface area contributed by atoms with Gasteiger partial charge in [-0.2, -0.15) is 0 Å². The van der Waals surface area contributed by atoms with E-state index >= 15 is 0 Å². The second kappa shape index (κ2) is 2.54. The van der Waals surface area contributed by atoms with E-state index < -0.39 is 0 Å². The van der Waals surface area contributed by atoms with Gasteiger partial charge in [-0.25, -0.2) is 0 Å². The van der Waals surface area contributed by atoms with Crippen LogP contribution in [0.2, 0.25) is 0 Å². The first-order valence-electron chi connectivity index (χ1n) is 4.58. The van der Waals surface area contributed by atoms with Crippen molar-refractivity contribution >= 4 is 17.0 Å². The zero-order valence-corrected chi connectivity index (χ0v) is 7.54. The Morgan fingerprint density at radius 1 is 1.29 bits per heavy atom. The first-order valence-corrected chi connectivity index (χ1v) is 4.58. The average Bonchev–Trinajstić information content (AvgIpc) is 2.54. The number of aromatic hydroxyl groups is 1. The summed E-state index contributed by atoms with van der Waals surface area (Å²) in [6.45, 7) is 0.821. The molecular formula is C11H10N2O. The van der Waals surface area contributed by atoms with Crippen LogP contribution in [0.15, 0.2) is 24.4 Å². The molecule has 3 heteroatoms. The molecule has 70 valence electrons. The Hall–Kier alpha value is -1.90. The maximum Gasteiger partial charge on any atom is 0.117 e.